The van der Waals surface area contributed by atoms with Crippen molar-refractivity contribution < 1.29 is 9.53 Å². The third kappa shape index (κ3) is 2.26. The van der Waals surface area contributed by atoms with Gasteiger partial charge in [0.2, 0.25) is 0 Å². The van der Waals surface area contributed by atoms with Crippen LogP contribution in [-0.2, 0) is 4.74 Å². The Bertz CT molecular complexity index is 408. The zero-order valence-corrected chi connectivity index (χ0v) is 10.2. The van der Waals surface area contributed by atoms with Crippen LogP contribution in [0.5, 0.6) is 0 Å². The average molecular weight is 233 g/mol. The van der Waals surface area contributed by atoms with Crippen LogP contribution >= 0.6 is 0 Å². The molecular weight excluding hydrogens is 214 g/mol. The van der Waals surface area contributed by atoms with E-state index in [0.717, 1.165) is 24.0 Å². The molecule has 0 saturated carbocycles. The van der Waals surface area contributed by atoms with Crippen molar-refractivity contribution in [1.82, 2.24) is 0 Å². The number of Topliss-reactive ketones (excluding diaryl/α,β-unsaturated/α-hetero) is 1. The zero-order chi connectivity index (χ0) is 12.3. The minimum absolute atomic E-state index is 0.182. The van der Waals surface area contributed by atoms with Crippen molar-refractivity contribution in [1.29, 1.82) is 0 Å². The van der Waals surface area contributed by atoms with E-state index in [2.05, 4.69) is 0 Å². The molecule has 3 heteroatoms. The number of ketones is 1. The fraction of sp³-hybridized carbons (Fsp3) is 0.500. The smallest absolute Gasteiger partial charge is 0.170 e. The Morgan fingerprint density at radius 1 is 1.35 bits per heavy atom. The Hall–Kier alpha value is -1.19. The number of hydrogen-bond acceptors (Lipinski definition) is 3. The number of hydrogen-bond donors (Lipinski definition) is 1. The van der Waals surface area contributed by atoms with Crippen LogP contribution < -0.4 is 5.73 Å². The molecule has 1 aromatic carbocycles. The Morgan fingerprint density at radius 3 is 2.59 bits per heavy atom. The van der Waals surface area contributed by atoms with Gasteiger partial charge in [-0.15, -0.1) is 0 Å². The lowest BCUT2D eigenvalue weighted by Gasteiger charge is -2.35. The van der Waals surface area contributed by atoms with Crippen molar-refractivity contribution in [2.24, 2.45) is 11.1 Å². The van der Waals surface area contributed by atoms with Crippen LogP contribution in [0.4, 0.5) is 0 Å². The minimum atomic E-state index is -0.412. The van der Waals surface area contributed by atoms with Crippen molar-refractivity contribution in [2.75, 3.05) is 19.8 Å². The fourth-order valence-corrected chi connectivity index (χ4v) is 2.40. The molecule has 2 rings (SSSR count). The van der Waals surface area contributed by atoms with Crippen LogP contribution in [0.15, 0.2) is 24.3 Å². The molecule has 1 fully saturated rings. The summed E-state index contributed by atoms with van der Waals surface area (Å²) in [7, 11) is 0. The fourth-order valence-electron chi connectivity index (χ4n) is 2.40. The van der Waals surface area contributed by atoms with Crippen molar-refractivity contribution in [3.8, 4) is 0 Å². The van der Waals surface area contributed by atoms with Crippen LogP contribution in [0.3, 0.4) is 0 Å². The zero-order valence-electron chi connectivity index (χ0n) is 10.2. The topological polar surface area (TPSA) is 52.3 Å². The first-order chi connectivity index (χ1) is 8.19. The van der Waals surface area contributed by atoms with E-state index in [9.17, 15) is 4.79 Å². The number of carbonyl (C=O) groups is 1. The predicted molar refractivity (Wildman–Crippen MR) is 67.0 cm³/mol. The number of nitrogens with two attached hydrogens (primary N) is 1. The predicted octanol–water partition coefficient (Wildman–Crippen LogP) is 1.93. The molecule has 1 aliphatic rings. The van der Waals surface area contributed by atoms with Gasteiger partial charge in [-0.2, -0.15) is 0 Å². The third-order valence-electron chi connectivity index (χ3n) is 3.71. The first-order valence-electron chi connectivity index (χ1n) is 6.08. The maximum Gasteiger partial charge on any atom is 0.170 e. The molecule has 0 aromatic heterocycles. The summed E-state index contributed by atoms with van der Waals surface area (Å²) in [5, 5.41) is 0. The highest BCUT2D eigenvalue weighted by molar-refractivity contribution is 6.01. The van der Waals surface area contributed by atoms with Gasteiger partial charge in [-0.3, -0.25) is 4.79 Å². The van der Waals surface area contributed by atoms with Gasteiger partial charge in [0.25, 0.3) is 0 Å². The monoisotopic (exact) mass is 233 g/mol. The second kappa shape index (κ2) is 4.98. The number of aryl methyl sites for hydroxylation is 1. The highest BCUT2D eigenvalue weighted by Crippen LogP contribution is 2.33. The summed E-state index contributed by atoms with van der Waals surface area (Å²) in [6, 6.07) is 7.72. The lowest BCUT2D eigenvalue weighted by Crippen LogP contribution is -2.43. The summed E-state index contributed by atoms with van der Waals surface area (Å²) in [5.41, 5.74) is 7.27. The Labute approximate surface area is 102 Å². The molecule has 1 aliphatic heterocycles. The van der Waals surface area contributed by atoms with E-state index < -0.39 is 5.41 Å². The maximum absolute atomic E-state index is 12.6. The molecule has 0 radical (unpaired) electrons. The van der Waals surface area contributed by atoms with Gasteiger partial charge in [-0.05, 0) is 25.3 Å². The molecule has 92 valence electrons. The summed E-state index contributed by atoms with van der Waals surface area (Å²) in [4.78, 5) is 12.6. The van der Waals surface area contributed by atoms with Gasteiger partial charge in [0.05, 0.1) is 5.41 Å². The number of benzene rings is 1. The lowest BCUT2D eigenvalue weighted by atomic mass is 9.73. The van der Waals surface area contributed by atoms with Gasteiger partial charge in [0.15, 0.2) is 5.78 Å². The average Bonchev–Trinajstić information content (AvgIpc) is 2.39. The van der Waals surface area contributed by atoms with Crippen molar-refractivity contribution in [2.45, 2.75) is 19.8 Å². The van der Waals surface area contributed by atoms with Gasteiger partial charge in [0.1, 0.15) is 0 Å². The Balaban J connectivity index is 2.32. The highest BCUT2D eigenvalue weighted by atomic mass is 16.5. The van der Waals surface area contributed by atoms with Gasteiger partial charge in [-0.1, -0.05) is 24.3 Å². The van der Waals surface area contributed by atoms with E-state index in [1.807, 2.05) is 31.2 Å². The summed E-state index contributed by atoms with van der Waals surface area (Å²) in [5.74, 6) is 0.182. The maximum atomic E-state index is 12.6. The highest BCUT2D eigenvalue weighted by Gasteiger charge is 2.39. The van der Waals surface area contributed by atoms with Gasteiger partial charge < -0.3 is 10.5 Å². The van der Waals surface area contributed by atoms with Crippen LogP contribution in [0.1, 0.15) is 28.8 Å². The summed E-state index contributed by atoms with van der Waals surface area (Å²) < 4.78 is 5.34. The van der Waals surface area contributed by atoms with Crippen LogP contribution in [0.2, 0.25) is 0 Å². The van der Waals surface area contributed by atoms with Crippen molar-refractivity contribution in [3.63, 3.8) is 0 Å². The van der Waals surface area contributed by atoms with Crippen molar-refractivity contribution in [3.05, 3.63) is 35.4 Å². The van der Waals surface area contributed by atoms with Gasteiger partial charge in [0, 0.05) is 25.3 Å². The third-order valence-corrected chi connectivity index (χ3v) is 3.71. The molecule has 0 spiro atoms. The normalized spacial score (nSPS) is 18.9. The molecule has 3 nitrogen and oxygen atoms in total. The SMILES string of the molecule is Cc1ccccc1C(=O)C1(CN)CCOCC1. The molecule has 2 N–H and O–H groups in total. The molecule has 0 aliphatic carbocycles. The molecule has 0 bridgehead atoms. The first-order valence-corrected chi connectivity index (χ1v) is 6.08. The molecule has 17 heavy (non-hydrogen) atoms. The molecule has 0 unspecified atom stereocenters. The quantitative estimate of drug-likeness (QED) is 0.812. The van der Waals surface area contributed by atoms with Crippen molar-refractivity contribution >= 4 is 5.78 Å². The molecule has 0 amide bonds. The van der Waals surface area contributed by atoms with Gasteiger partial charge in [-0.25, -0.2) is 0 Å². The Morgan fingerprint density at radius 2 is 2.00 bits per heavy atom. The van der Waals surface area contributed by atoms with E-state index >= 15 is 0 Å². The minimum Gasteiger partial charge on any atom is -0.381 e. The summed E-state index contributed by atoms with van der Waals surface area (Å²) >= 11 is 0. The van der Waals surface area contributed by atoms with Gasteiger partial charge >= 0.3 is 0 Å². The van der Waals surface area contributed by atoms with E-state index in [0.29, 0.717) is 19.8 Å². The van der Waals surface area contributed by atoms with Crippen LogP contribution in [-0.4, -0.2) is 25.5 Å². The Kier molecular flexibility index (Phi) is 3.60. The second-order valence-corrected chi connectivity index (χ2v) is 4.74. The number of ether oxygens (including phenoxy) is 1. The van der Waals surface area contributed by atoms with Crippen LogP contribution in [0, 0.1) is 12.3 Å². The van der Waals surface area contributed by atoms with E-state index in [1.54, 1.807) is 0 Å². The second-order valence-electron chi connectivity index (χ2n) is 4.74. The summed E-state index contributed by atoms with van der Waals surface area (Å²) in [6.07, 6.45) is 1.47. The largest absolute Gasteiger partial charge is 0.381 e. The summed E-state index contributed by atoms with van der Waals surface area (Å²) in [6.45, 7) is 3.64. The van der Waals surface area contributed by atoms with Crippen LogP contribution in [0.25, 0.3) is 0 Å². The lowest BCUT2D eigenvalue weighted by molar-refractivity contribution is 0.0200. The molecular formula is C14H19NO2. The molecule has 1 saturated heterocycles. The molecule has 1 heterocycles. The molecule has 0 atom stereocenters. The first kappa shape index (κ1) is 12.3. The standard InChI is InChI=1S/C14H19NO2/c1-11-4-2-3-5-12(11)13(16)14(10-15)6-8-17-9-7-14/h2-5H,6-10,15H2,1H3. The van der Waals surface area contributed by atoms with E-state index in [-0.39, 0.29) is 5.78 Å². The van der Waals surface area contributed by atoms with E-state index in [1.165, 1.54) is 0 Å². The van der Waals surface area contributed by atoms with E-state index in [4.69, 9.17) is 10.5 Å². The number of carbonyl (C=O) groups excluding carboxylic acids is 1. The number of rotatable bonds is 3. The molecule has 1 aromatic rings.